The van der Waals surface area contributed by atoms with Gasteiger partial charge in [-0.2, -0.15) is 0 Å². The van der Waals surface area contributed by atoms with Crippen LogP contribution in [-0.4, -0.2) is 45.7 Å². The van der Waals surface area contributed by atoms with Crippen LogP contribution in [0.4, 0.5) is 4.79 Å². The first-order valence-corrected chi connectivity index (χ1v) is 7.20. The second-order valence-corrected chi connectivity index (χ2v) is 5.62. The molecule has 116 valence electrons. The van der Waals surface area contributed by atoms with Crippen molar-refractivity contribution in [1.82, 2.24) is 10.0 Å². The Labute approximate surface area is 121 Å². The van der Waals surface area contributed by atoms with E-state index in [2.05, 4.69) is 10.0 Å². The molecule has 5 N–H and O–H groups in total. The summed E-state index contributed by atoms with van der Waals surface area (Å²) in [6.07, 6.45) is 0. The predicted octanol–water partition coefficient (Wildman–Crippen LogP) is -0.660. The van der Waals surface area contributed by atoms with E-state index in [1.165, 1.54) is 19.2 Å². The third-order valence-electron chi connectivity index (χ3n) is 2.43. The van der Waals surface area contributed by atoms with Gasteiger partial charge >= 0.3 is 12.0 Å². The lowest BCUT2D eigenvalue weighted by atomic mass is 10.2. The van der Waals surface area contributed by atoms with Crippen LogP contribution in [0.3, 0.4) is 0 Å². The molecule has 0 aromatic heterocycles. The van der Waals surface area contributed by atoms with Gasteiger partial charge in [-0.3, -0.25) is 0 Å². The number of hydrogen-bond donors (Lipinski definition) is 4. The third kappa shape index (κ3) is 4.61. The largest absolute Gasteiger partial charge is 0.496 e. The Morgan fingerprint density at radius 3 is 2.52 bits per heavy atom. The summed E-state index contributed by atoms with van der Waals surface area (Å²) in [5.74, 6) is -1.25. The van der Waals surface area contributed by atoms with Gasteiger partial charge in [0.2, 0.25) is 10.0 Å². The number of carboxylic acids is 1. The van der Waals surface area contributed by atoms with Gasteiger partial charge in [0.15, 0.2) is 0 Å². The topological polar surface area (TPSA) is 148 Å². The highest BCUT2D eigenvalue weighted by atomic mass is 32.2. The SMILES string of the molecule is COc1ccc(S(=O)(=O)NCCNC(N)=O)cc1C(=O)O. The first-order chi connectivity index (χ1) is 9.77. The normalized spacial score (nSPS) is 10.9. The zero-order valence-electron chi connectivity index (χ0n) is 11.1. The standard InChI is InChI=1S/C11H15N3O6S/c1-20-9-3-2-7(6-8(9)10(15)16)21(18,19)14-5-4-13-11(12)17/h2-3,6,14H,4-5H2,1H3,(H,15,16)(H3,12,13,17). The van der Waals surface area contributed by atoms with E-state index in [1.807, 2.05) is 0 Å². The summed E-state index contributed by atoms with van der Waals surface area (Å²) in [5.41, 5.74) is 4.56. The molecule has 0 atom stereocenters. The first kappa shape index (κ1) is 16.7. The van der Waals surface area contributed by atoms with Crippen LogP contribution in [0.15, 0.2) is 23.1 Å². The average molecular weight is 317 g/mol. The maximum atomic E-state index is 12.0. The number of sulfonamides is 1. The van der Waals surface area contributed by atoms with Gasteiger partial charge in [0.05, 0.1) is 12.0 Å². The van der Waals surface area contributed by atoms with E-state index < -0.39 is 22.0 Å². The van der Waals surface area contributed by atoms with Crippen LogP contribution in [0.25, 0.3) is 0 Å². The second kappa shape index (κ2) is 6.90. The number of carboxylic acid groups (broad SMARTS) is 1. The molecule has 0 fully saturated rings. The number of aromatic carboxylic acids is 1. The molecule has 0 heterocycles. The molecular formula is C11H15N3O6S. The van der Waals surface area contributed by atoms with Gasteiger partial charge in [-0.1, -0.05) is 0 Å². The number of nitrogens with one attached hydrogen (secondary N) is 2. The van der Waals surface area contributed by atoms with E-state index in [1.54, 1.807) is 0 Å². The number of carbonyl (C=O) groups is 2. The molecule has 0 saturated carbocycles. The minimum Gasteiger partial charge on any atom is -0.496 e. The van der Waals surface area contributed by atoms with E-state index in [0.717, 1.165) is 6.07 Å². The molecule has 0 aliphatic rings. The monoisotopic (exact) mass is 317 g/mol. The van der Waals surface area contributed by atoms with Crippen molar-refractivity contribution in [2.75, 3.05) is 20.2 Å². The number of hydrogen-bond acceptors (Lipinski definition) is 5. The van der Waals surface area contributed by atoms with Crippen LogP contribution < -0.4 is 20.5 Å². The van der Waals surface area contributed by atoms with Crippen LogP contribution >= 0.6 is 0 Å². The Morgan fingerprint density at radius 2 is 2.00 bits per heavy atom. The molecule has 0 aliphatic carbocycles. The van der Waals surface area contributed by atoms with E-state index in [-0.39, 0.29) is 29.3 Å². The molecule has 0 aliphatic heterocycles. The van der Waals surface area contributed by atoms with Crippen LogP contribution in [0, 0.1) is 0 Å². The molecule has 9 nitrogen and oxygen atoms in total. The fourth-order valence-electron chi connectivity index (χ4n) is 1.48. The fraction of sp³-hybridized carbons (Fsp3) is 0.273. The minimum atomic E-state index is -3.90. The molecule has 0 unspecified atom stereocenters. The van der Waals surface area contributed by atoms with E-state index in [9.17, 15) is 18.0 Å². The van der Waals surface area contributed by atoms with Crippen molar-refractivity contribution in [3.8, 4) is 5.75 Å². The Morgan fingerprint density at radius 1 is 1.33 bits per heavy atom. The number of urea groups is 1. The van der Waals surface area contributed by atoms with Crippen molar-refractivity contribution in [3.63, 3.8) is 0 Å². The van der Waals surface area contributed by atoms with Crippen LogP contribution in [-0.2, 0) is 10.0 Å². The zero-order chi connectivity index (χ0) is 16.0. The molecule has 1 rings (SSSR count). The summed E-state index contributed by atoms with van der Waals surface area (Å²) in [4.78, 5) is 21.3. The summed E-state index contributed by atoms with van der Waals surface area (Å²) in [6, 6.07) is 2.69. The van der Waals surface area contributed by atoms with Gasteiger partial charge < -0.3 is 20.9 Å². The lowest BCUT2D eigenvalue weighted by Gasteiger charge is -2.10. The van der Waals surface area contributed by atoms with Crippen molar-refractivity contribution in [2.24, 2.45) is 5.73 Å². The number of methoxy groups -OCH3 is 1. The smallest absolute Gasteiger partial charge is 0.339 e. The van der Waals surface area contributed by atoms with Crippen LogP contribution in [0.5, 0.6) is 5.75 Å². The van der Waals surface area contributed by atoms with E-state index >= 15 is 0 Å². The van der Waals surface area contributed by atoms with Crippen molar-refractivity contribution in [1.29, 1.82) is 0 Å². The number of rotatable bonds is 7. The summed E-state index contributed by atoms with van der Waals surface area (Å²) in [5, 5.41) is 11.2. The molecule has 0 saturated heterocycles. The highest BCUT2D eigenvalue weighted by molar-refractivity contribution is 7.89. The van der Waals surface area contributed by atoms with Gasteiger partial charge in [0.25, 0.3) is 0 Å². The maximum Gasteiger partial charge on any atom is 0.339 e. The van der Waals surface area contributed by atoms with E-state index in [4.69, 9.17) is 15.6 Å². The van der Waals surface area contributed by atoms with Crippen molar-refractivity contribution in [2.45, 2.75) is 4.90 Å². The number of benzene rings is 1. The predicted molar refractivity (Wildman–Crippen MR) is 72.7 cm³/mol. The Bertz CT molecular complexity index is 643. The molecular weight excluding hydrogens is 302 g/mol. The molecule has 1 aromatic rings. The Hall–Kier alpha value is -2.33. The molecule has 1 aromatic carbocycles. The number of carbonyl (C=O) groups excluding carboxylic acids is 1. The third-order valence-corrected chi connectivity index (χ3v) is 3.89. The summed E-state index contributed by atoms with van der Waals surface area (Å²) < 4.78 is 31.0. The van der Waals surface area contributed by atoms with Gasteiger partial charge in [0, 0.05) is 13.1 Å². The number of primary amides is 1. The highest BCUT2D eigenvalue weighted by Gasteiger charge is 2.19. The second-order valence-electron chi connectivity index (χ2n) is 3.86. The number of ether oxygens (including phenoxy) is 1. The molecule has 0 radical (unpaired) electrons. The van der Waals surface area contributed by atoms with Crippen molar-refractivity contribution in [3.05, 3.63) is 23.8 Å². The minimum absolute atomic E-state index is 0.0104. The van der Waals surface area contributed by atoms with Gasteiger partial charge in [-0.05, 0) is 18.2 Å². The number of amides is 2. The quantitative estimate of drug-likeness (QED) is 0.491. The molecule has 2 amide bonds. The molecule has 0 spiro atoms. The van der Waals surface area contributed by atoms with Gasteiger partial charge in [0.1, 0.15) is 11.3 Å². The van der Waals surface area contributed by atoms with Gasteiger partial charge in [-0.25, -0.2) is 22.7 Å². The summed E-state index contributed by atoms with van der Waals surface area (Å²) in [7, 11) is -2.62. The summed E-state index contributed by atoms with van der Waals surface area (Å²) >= 11 is 0. The van der Waals surface area contributed by atoms with Crippen LogP contribution in [0.2, 0.25) is 0 Å². The maximum absolute atomic E-state index is 12.0. The molecule has 10 heteroatoms. The summed E-state index contributed by atoms with van der Waals surface area (Å²) in [6.45, 7) is -0.0732. The lowest BCUT2D eigenvalue weighted by molar-refractivity contribution is 0.0693. The average Bonchev–Trinajstić information content (AvgIpc) is 2.42. The van der Waals surface area contributed by atoms with Crippen molar-refractivity contribution < 1.29 is 27.9 Å². The zero-order valence-corrected chi connectivity index (χ0v) is 11.9. The first-order valence-electron chi connectivity index (χ1n) is 5.72. The number of nitrogens with two attached hydrogens (primary N) is 1. The van der Waals surface area contributed by atoms with E-state index in [0.29, 0.717) is 0 Å². The Balaban J connectivity index is 2.90. The lowest BCUT2D eigenvalue weighted by Crippen LogP contribution is -2.37. The fourth-order valence-corrected chi connectivity index (χ4v) is 2.53. The highest BCUT2D eigenvalue weighted by Crippen LogP contribution is 2.22. The van der Waals surface area contributed by atoms with Crippen molar-refractivity contribution >= 4 is 22.0 Å². The molecule has 0 bridgehead atoms. The molecule has 21 heavy (non-hydrogen) atoms. The van der Waals surface area contributed by atoms with Crippen LogP contribution in [0.1, 0.15) is 10.4 Å². The Kier molecular flexibility index (Phi) is 5.50. The van der Waals surface area contributed by atoms with Gasteiger partial charge in [-0.15, -0.1) is 0 Å².